The molecule has 0 bridgehead atoms. The first kappa shape index (κ1) is 26.9. The zero-order valence-corrected chi connectivity index (χ0v) is 23.6. The van der Waals surface area contributed by atoms with Gasteiger partial charge >= 0.3 is 6.09 Å². The third-order valence-corrected chi connectivity index (χ3v) is 7.17. The van der Waals surface area contributed by atoms with Crippen LogP contribution in [-0.2, 0) is 18.7 Å². The smallest absolute Gasteiger partial charge is 0.413 e. The Labute approximate surface area is 222 Å². The fourth-order valence-electron chi connectivity index (χ4n) is 4.66. The van der Waals surface area contributed by atoms with Gasteiger partial charge in [0.2, 0.25) is 0 Å². The van der Waals surface area contributed by atoms with Gasteiger partial charge in [-0.05, 0) is 84.3 Å². The lowest BCUT2D eigenvalue weighted by Crippen LogP contribution is -2.49. The molecule has 11 heteroatoms. The number of methoxy groups -OCH3 is 1. The van der Waals surface area contributed by atoms with Crippen molar-refractivity contribution in [2.75, 3.05) is 27.7 Å². The molecular weight excluding hydrogens is 490 g/mol. The van der Waals surface area contributed by atoms with E-state index >= 15 is 0 Å². The lowest BCUT2D eigenvalue weighted by Gasteiger charge is -2.33. The van der Waals surface area contributed by atoms with E-state index < -0.39 is 11.6 Å². The number of amidine groups is 1. The number of pyridine rings is 1. The van der Waals surface area contributed by atoms with Crippen LogP contribution in [0.25, 0.3) is 11.3 Å². The van der Waals surface area contributed by atoms with E-state index in [-0.39, 0.29) is 0 Å². The number of hydrogen-bond donors (Lipinski definition) is 1. The Hall–Kier alpha value is -3.18. The van der Waals surface area contributed by atoms with E-state index in [0.717, 1.165) is 52.4 Å². The largest absolute Gasteiger partial charge is 0.496 e. The highest BCUT2D eigenvalue weighted by Gasteiger charge is 2.37. The Morgan fingerprint density at radius 2 is 1.97 bits per heavy atom. The quantitative estimate of drug-likeness (QED) is 0.476. The van der Waals surface area contributed by atoms with Crippen molar-refractivity contribution >= 4 is 23.9 Å². The fourth-order valence-corrected chi connectivity index (χ4v) is 5.48. The van der Waals surface area contributed by atoms with E-state index in [2.05, 4.69) is 30.0 Å². The fraction of sp³-hybridized carbons (Fsp3) is 0.500. The molecule has 0 saturated heterocycles. The van der Waals surface area contributed by atoms with Crippen LogP contribution in [0.2, 0.25) is 0 Å². The average Bonchev–Trinajstić information content (AvgIpc) is 3.04. The average molecular weight is 526 g/mol. The van der Waals surface area contributed by atoms with Crippen molar-refractivity contribution in [3.05, 3.63) is 45.9 Å². The maximum atomic E-state index is 12.5. The van der Waals surface area contributed by atoms with Crippen LogP contribution in [0.15, 0.2) is 16.7 Å². The second-order valence-corrected chi connectivity index (χ2v) is 11.3. The maximum absolute atomic E-state index is 12.5. The van der Waals surface area contributed by atoms with Gasteiger partial charge in [0.05, 0.1) is 18.5 Å². The first-order chi connectivity index (χ1) is 17.4. The van der Waals surface area contributed by atoms with Gasteiger partial charge in [-0.2, -0.15) is 19.4 Å². The van der Waals surface area contributed by atoms with Gasteiger partial charge < -0.3 is 14.7 Å². The molecule has 198 valence electrons. The van der Waals surface area contributed by atoms with Gasteiger partial charge in [-0.15, -0.1) is 0 Å². The summed E-state index contributed by atoms with van der Waals surface area (Å²) >= 11 is 1.35. The zero-order chi connectivity index (χ0) is 27.1. The first-order valence-corrected chi connectivity index (χ1v) is 13.1. The highest BCUT2D eigenvalue weighted by atomic mass is 32.2. The molecule has 0 fully saturated rings. The number of aryl methyl sites for hydroxylation is 1. The van der Waals surface area contributed by atoms with Crippen molar-refractivity contribution in [3.8, 4) is 17.0 Å². The predicted octanol–water partition coefficient (Wildman–Crippen LogP) is 4.24. The van der Waals surface area contributed by atoms with E-state index in [0.29, 0.717) is 23.8 Å². The predicted molar refractivity (Wildman–Crippen MR) is 146 cm³/mol. The molecule has 1 amide bonds. The molecule has 0 radical (unpaired) electrons. The Morgan fingerprint density at radius 1 is 1.24 bits per heavy atom. The number of nitrogens with zero attached hydrogens (tertiary/aromatic N) is 7. The van der Waals surface area contributed by atoms with E-state index in [1.165, 1.54) is 22.4 Å². The number of hydrogen-bond acceptors (Lipinski definition) is 8. The van der Waals surface area contributed by atoms with E-state index in [1.54, 1.807) is 18.1 Å². The standard InChI is InChI=1S/C26H35N7O3S/c1-15-12-27-20(16(2)23(15)36-8)13-32-28-19-11-17(9-10-31(6)7)18-14-37-30-24(22(29-32)21(18)19)33(25(34)35)26(3,4)5/h11-12H,9-10,13-14H2,1-8H3,(H,34,35). The van der Waals surface area contributed by atoms with E-state index in [9.17, 15) is 9.90 Å². The van der Waals surface area contributed by atoms with Gasteiger partial charge in [-0.25, -0.2) is 4.79 Å². The molecule has 0 atom stereocenters. The number of carbonyl (C=O) groups is 1. The van der Waals surface area contributed by atoms with Gasteiger partial charge in [-0.1, -0.05) is 0 Å². The van der Waals surface area contributed by atoms with Gasteiger partial charge in [-0.3, -0.25) is 9.88 Å². The normalized spacial score (nSPS) is 13.6. The van der Waals surface area contributed by atoms with Gasteiger partial charge in [0.25, 0.3) is 0 Å². The highest BCUT2D eigenvalue weighted by molar-refractivity contribution is 7.97. The van der Waals surface area contributed by atoms with Crippen molar-refractivity contribution in [1.29, 1.82) is 0 Å². The van der Waals surface area contributed by atoms with Crippen LogP contribution >= 0.6 is 11.9 Å². The number of ether oxygens (including phenoxy) is 1. The molecule has 1 N–H and O–H groups in total. The van der Waals surface area contributed by atoms with Crippen LogP contribution < -0.4 is 4.74 Å². The first-order valence-electron chi connectivity index (χ1n) is 12.2. The summed E-state index contributed by atoms with van der Waals surface area (Å²) in [7, 11) is 5.75. The van der Waals surface area contributed by atoms with Crippen molar-refractivity contribution < 1.29 is 14.6 Å². The van der Waals surface area contributed by atoms with Crippen molar-refractivity contribution in [2.24, 2.45) is 4.40 Å². The monoisotopic (exact) mass is 525 g/mol. The molecule has 1 aromatic heterocycles. The van der Waals surface area contributed by atoms with Crippen molar-refractivity contribution in [1.82, 2.24) is 29.8 Å². The molecule has 10 nitrogen and oxygen atoms in total. The van der Waals surface area contributed by atoms with Crippen molar-refractivity contribution in [2.45, 2.75) is 58.9 Å². The minimum Gasteiger partial charge on any atom is -0.496 e. The third-order valence-electron chi connectivity index (χ3n) is 6.45. The second-order valence-electron chi connectivity index (χ2n) is 10.6. The van der Waals surface area contributed by atoms with Crippen LogP contribution in [0.5, 0.6) is 5.75 Å². The summed E-state index contributed by atoms with van der Waals surface area (Å²) in [4.78, 5) is 22.1. The molecule has 37 heavy (non-hydrogen) atoms. The molecule has 1 aromatic rings. The Morgan fingerprint density at radius 3 is 2.59 bits per heavy atom. The number of rotatable bonds is 6. The summed E-state index contributed by atoms with van der Waals surface area (Å²) in [5, 5.41) is 19.9. The SMILES string of the molecule is COc1c(C)cnc(Cn2nc3cc(CCN(C)C)c4c-3c(n2)C(N(C(=O)O)C(C)(C)C)=NSC4)c1C. The van der Waals surface area contributed by atoms with Crippen LogP contribution in [0.1, 0.15) is 54.4 Å². The van der Waals surface area contributed by atoms with E-state index in [4.69, 9.17) is 19.3 Å². The molecule has 0 aromatic carbocycles. The molecule has 2 aliphatic heterocycles. The highest BCUT2D eigenvalue weighted by Crippen LogP contribution is 2.39. The molecule has 0 saturated carbocycles. The summed E-state index contributed by atoms with van der Waals surface area (Å²) in [6.45, 7) is 10.7. The molecule has 4 rings (SSSR count). The third kappa shape index (κ3) is 5.28. The summed E-state index contributed by atoms with van der Waals surface area (Å²) in [6.07, 6.45) is 1.56. The van der Waals surface area contributed by atoms with Crippen LogP contribution in [0, 0.1) is 13.8 Å². The lowest BCUT2D eigenvalue weighted by atomic mass is 10.0. The van der Waals surface area contributed by atoms with Crippen LogP contribution in [0.3, 0.4) is 0 Å². The Kier molecular flexibility index (Phi) is 7.48. The number of aromatic nitrogens is 4. The Bertz CT molecular complexity index is 1330. The zero-order valence-electron chi connectivity index (χ0n) is 22.8. The number of amides is 1. The van der Waals surface area contributed by atoms with Gasteiger partial charge in [0, 0.05) is 40.7 Å². The topological polar surface area (TPSA) is 109 Å². The minimum atomic E-state index is -1.08. The maximum Gasteiger partial charge on any atom is 0.413 e. The molecule has 0 unspecified atom stereocenters. The number of likely N-dealkylation sites (N-methyl/N-ethyl adjacent to an activating group) is 1. The van der Waals surface area contributed by atoms with Gasteiger partial charge in [0.1, 0.15) is 18.0 Å². The van der Waals surface area contributed by atoms with Crippen LogP contribution in [0.4, 0.5) is 4.79 Å². The molecule has 1 aliphatic carbocycles. The summed E-state index contributed by atoms with van der Waals surface area (Å²) < 4.78 is 10.3. The molecule has 0 spiro atoms. The molecule has 3 aliphatic rings. The minimum absolute atomic E-state index is 0.308. The Balaban J connectivity index is 1.91. The number of carboxylic acid groups (broad SMARTS) is 1. The summed E-state index contributed by atoms with van der Waals surface area (Å²) in [5.41, 5.74) is 6.41. The second kappa shape index (κ2) is 10.3. The molecule has 3 heterocycles. The summed E-state index contributed by atoms with van der Waals surface area (Å²) in [6, 6.07) is 2.11. The van der Waals surface area contributed by atoms with Crippen LogP contribution in [-0.4, -0.2) is 80.1 Å². The van der Waals surface area contributed by atoms with Crippen molar-refractivity contribution in [3.63, 3.8) is 0 Å². The summed E-state index contributed by atoms with van der Waals surface area (Å²) in [5.74, 6) is 1.74. The molecular formula is C26H35N7O3S. The lowest BCUT2D eigenvalue weighted by molar-refractivity contribution is 0.141. The van der Waals surface area contributed by atoms with Gasteiger partial charge in [0.15, 0.2) is 5.84 Å². The van der Waals surface area contributed by atoms with E-state index in [1.807, 2.05) is 34.6 Å².